The third-order valence-electron chi connectivity index (χ3n) is 3.47. The van der Waals surface area contributed by atoms with E-state index < -0.39 is 17.4 Å². The number of pyridine rings is 1. The molecule has 0 atom stereocenters. The summed E-state index contributed by atoms with van der Waals surface area (Å²) >= 11 is 5.14. The molecule has 2 heterocycles. The molecule has 0 unspecified atom stereocenters. The number of hydrogen-bond donors (Lipinski definition) is 2. The minimum absolute atomic E-state index is 0.0121. The molecular formula is C16H12N4O4S. The van der Waals surface area contributed by atoms with Crippen molar-refractivity contribution in [1.82, 2.24) is 14.6 Å². The lowest BCUT2D eigenvalue weighted by atomic mass is 10.1. The Morgan fingerprint density at radius 1 is 1.20 bits per heavy atom. The van der Waals surface area contributed by atoms with Gasteiger partial charge in [-0.25, -0.2) is 4.79 Å². The Morgan fingerprint density at radius 3 is 2.60 bits per heavy atom. The minimum atomic E-state index is -0.531. The second kappa shape index (κ2) is 6.65. The number of aromatic amines is 1. The molecular weight excluding hydrogens is 344 g/mol. The average Bonchev–Trinajstić information content (AvgIpc) is 2.64. The van der Waals surface area contributed by atoms with Crippen molar-refractivity contribution >= 4 is 35.0 Å². The molecule has 9 heteroatoms. The Morgan fingerprint density at radius 2 is 1.92 bits per heavy atom. The Labute approximate surface area is 146 Å². The van der Waals surface area contributed by atoms with Crippen LogP contribution in [0, 0.1) is 4.77 Å². The highest BCUT2D eigenvalue weighted by molar-refractivity contribution is 7.71. The number of rotatable bonds is 3. The Bertz CT molecular complexity index is 1090. The molecule has 126 valence electrons. The van der Waals surface area contributed by atoms with Gasteiger partial charge in [0.1, 0.15) is 0 Å². The summed E-state index contributed by atoms with van der Waals surface area (Å²) in [5.74, 6) is -1.04. The van der Waals surface area contributed by atoms with E-state index in [4.69, 9.17) is 12.2 Å². The van der Waals surface area contributed by atoms with E-state index in [0.29, 0.717) is 11.1 Å². The van der Waals surface area contributed by atoms with Gasteiger partial charge in [0.2, 0.25) is 0 Å². The first-order valence-electron chi connectivity index (χ1n) is 7.10. The predicted octanol–water partition coefficient (Wildman–Crippen LogP) is 1.62. The lowest BCUT2D eigenvalue weighted by molar-refractivity contribution is 0.0600. The standard InChI is InChI=1S/C16H12N4O4S/c1-24-15(23)10-2-3-11-12(8-10)18-16(25)20(14(11)22)19-13(21)9-4-6-17-7-5-9/h2-8H,1H3,(H,18,25)(H,19,21). The second-order valence-corrected chi connectivity index (χ2v) is 5.39. The molecule has 0 aliphatic rings. The maximum atomic E-state index is 12.6. The van der Waals surface area contributed by atoms with Crippen LogP contribution in [0.2, 0.25) is 0 Å². The molecule has 0 aliphatic heterocycles. The molecule has 0 bridgehead atoms. The SMILES string of the molecule is COC(=O)c1ccc2c(=O)n(NC(=O)c3ccncc3)c(=S)[nH]c2c1. The largest absolute Gasteiger partial charge is 0.465 e. The van der Waals surface area contributed by atoms with Crippen LogP contribution in [0.3, 0.4) is 0 Å². The van der Waals surface area contributed by atoms with Gasteiger partial charge in [0.15, 0.2) is 4.77 Å². The molecule has 0 radical (unpaired) electrons. The van der Waals surface area contributed by atoms with Crippen LogP contribution in [-0.2, 0) is 4.74 Å². The van der Waals surface area contributed by atoms with Crippen LogP contribution in [0.1, 0.15) is 20.7 Å². The van der Waals surface area contributed by atoms with Crippen molar-refractivity contribution in [3.63, 3.8) is 0 Å². The number of esters is 1. The molecule has 0 fully saturated rings. The monoisotopic (exact) mass is 356 g/mol. The number of hydrogen-bond acceptors (Lipinski definition) is 6. The van der Waals surface area contributed by atoms with Crippen molar-refractivity contribution in [2.75, 3.05) is 12.5 Å². The van der Waals surface area contributed by atoms with Gasteiger partial charge in [0.05, 0.1) is 23.6 Å². The van der Waals surface area contributed by atoms with Crippen LogP contribution in [0.25, 0.3) is 10.9 Å². The zero-order valence-corrected chi connectivity index (χ0v) is 13.8. The van der Waals surface area contributed by atoms with Crippen LogP contribution >= 0.6 is 12.2 Å². The van der Waals surface area contributed by atoms with Gasteiger partial charge in [-0.15, -0.1) is 0 Å². The van der Waals surface area contributed by atoms with Gasteiger partial charge in [-0.05, 0) is 42.5 Å². The smallest absolute Gasteiger partial charge is 0.337 e. The molecule has 8 nitrogen and oxygen atoms in total. The zero-order valence-electron chi connectivity index (χ0n) is 13.0. The summed E-state index contributed by atoms with van der Waals surface area (Å²) in [4.78, 5) is 43.1. The minimum Gasteiger partial charge on any atom is -0.465 e. The first kappa shape index (κ1) is 16.5. The van der Waals surface area contributed by atoms with Gasteiger partial charge in [-0.2, -0.15) is 4.68 Å². The van der Waals surface area contributed by atoms with Crippen molar-refractivity contribution in [3.05, 3.63) is 69.0 Å². The molecule has 0 saturated heterocycles. The van der Waals surface area contributed by atoms with Crippen molar-refractivity contribution < 1.29 is 14.3 Å². The van der Waals surface area contributed by atoms with Crippen LogP contribution in [0.15, 0.2) is 47.5 Å². The van der Waals surface area contributed by atoms with E-state index in [1.165, 1.54) is 49.8 Å². The number of H-pyrrole nitrogens is 1. The number of nitrogens with zero attached hydrogens (tertiary/aromatic N) is 2. The number of nitrogens with one attached hydrogen (secondary N) is 2. The van der Waals surface area contributed by atoms with Gasteiger partial charge in [0, 0.05) is 18.0 Å². The average molecular weight is 356 g/mol. The molecule has 0 aliphatic carbocycles. The number of carbonyl (C=O) groups is 2. The first-order valence-corrected chi connectivity index (χ1v) is 7.51. The van der Waals surface area contributed by atoms with E-state index >= 15 is 0 Å². The maximum absolute atomic E-state index is 12.6. The second-order valence-electron chi connectivity index (χ2n) is 5.00. The number of amides is 1. The molecule has 25 heavy (non-hydrogen) atoms. The van der Waals surface area contributed by atoms with Gasteiger partial charge >= 0.3 is 5.97 Å². The Kier molecular flexibility index (Phi) is 4.40. The summed E-state index contributed by atoms with van der Waals surface area (Å²) in [6, 6.07) is 7.41. The van der Waals surface area contributed by atoms with E-state index in [1.54, 1.807) is 0 Å². The predicted molar refractivity (Wildman–Crippen MR) is 92.7 cm³/mol. The molecule has 0 saturated carbocycles. The van der Waals surface area contributed by atoms with Crippen LogP contribution in [0.4, 0.5) is 0 Å². The summed E-state index contributed by atoms with van der Waals surface area (Å²) < 4.78 is 5.58. The number of methoxy groups -OCH3 is 1. The lowest BCUT2D eigenvalue weighted by Crippen LogP contribution is -2.34. The zero-order chi connectivity index (χ0) is 18.0. The van der Waals surface area contributed by atoms with Gasteiger partial charge in [0.25, 0.3) is 11.5 Å². The van der Waals surface area contributed by atoms with E-state index in [2.05, 4.69) is 20.1 Å². The highest BCUT2D eigenvalue weighted by atomic mass is 32.1. The highest BCUT2D eigenvalue weighted by Gasteiger charge is 2.12. The van der Waals surface area contributed by atoms with E-state index in [-0.39, 0.29) is 15.7 Å². The normalized spacial score (nSPS) is 10.4. The summed E-state index contributed by atoms with van der Waals surface area (Å²) in [7, 11) is 1.27. The Hall–Kier alpha value is -3.33. The summed E-state index contributed by atoms with van der Waals surface area (Å²) in [5.41, 5.74) is 2.91. The van der Waals surface area contributed by atoms with E-state index in [1.807, 2.05) is 0 Å². The third kappa shape index (κ3) is 3.17. The fourth-order valence-corrected chi connectivity index (χ4v) is 2.47. The molecule has 3 aromatic rings. The maximum Gasteiger partial charge on any atom is 0.337 e. The number of aromatic nitrogens is 3. The van der Waals surface area contributed by atoms with Crippen molar-refractivity contribution in [1.29, 1.82) is 0 Å². The number of fused-ring (bicyclic) bond motifs is 1. The van der Waals surface area contributed by atoms with Crippen LogP contribution in [0.5, 0.6) is 0 Å². The van der Waals surface area contributed by atoms with Crippen molar-refractivity contribution in [2.24, 2.45) is 0 Å². The number of carbonyl (C=O) groups excluding carboxylic acids is 2. The summed E-state index contributed by atoms with van der Waals surface area (Å²) in [5, 5.41) is 0.260. The fraction of sp³-hybridized carbons (Fsp3) is 0.0625. The third-order valence-corrected chi connectivity index (χ3v) is 3.76. The first-order chi connectivity index (χ1) is 12.0. The molecule has 2 N–H and O–H groups in total. The fourth-order valence-electron chi connectivity index (χ4n) is 2.23. The highest BCUT2D eigenvalue weighted by Crippen LogP contribution is 2.11. The van der Waals surface area contributed by atoms with Gasteiger partial charge in [-0.3, -0.25) is 20.0 Å². The summed E-state index contributed by atoms with van der Waals surface area (Å²) in [6.45, 7) is 0. The van der Waals surface area contributed by atoms with Gasteiger partial charge < -0.3 is 9.72 Å². The van der Waals surface area contributed by atoms with Crippen molar-refractivity contribution in [3.8, 4) is 0 Å². The molecule has 1 amide bonds. The molecule has 2 aromatic heterocycles. The summed E-state index contributed by atoms with van der Waals surface area (Å²) in [6.07, 6.45) is 2.93. The lowest BCUT2D eigenvalue weighted by Gasteiger charge is -2.10. The number of ether oxygens (including phenoxy) is 1. The van der Waals surface area contributed by atoms with E-state index in [9.17, 15) is 14.4 Å². The van der Waals surface area contributed by atoms with Crippen LogP contribution in [-0.4, -0.2) is 33.6 Å². The topological polar surface area (TPSA) is 106 Å². The van der Waals surface area contributed by atoms with E-state index in [0.717, 1.165) is 4.68 Å². The van der Waals surface area contributed by atoms with Crippen LogP contribution < -0.4 is 11.0 Å². The Balaban J connectivity index is 2.05. The molecule has 1 aromatic carbocycles. The van der Waals surface area contributed by atoms with Crippen molar-refractivity contribution in [2.45, 2.75) is 0 Å². The number of benzene rings is 1. The van der Waals surface area contributed by atoms with Gasteiger partial charge in [-0.1, -0.05) is 0 Å². The molecule has 3 rings (SSSR count). The quantitative estimate of drug-likeness (QED) is 0.546. The molecule has 0 spiro atoms.